The van der Waals surface area contributed by atoms with Crippen molar-refractivity contribution in [1.29, 1.82) is 0 Å². The molecule has 2 N–H and O–H groups in total. The number of aliphatic hydroxyl groups is 1. The van der Waals surface area contributed by atoms with Crippen molar-refractivity contribution in [3.8, 4) is 0 Å². The molecule has 0 unspecified atom stereocenters. The number of nitrogens with one attached hydrogen (secondary N) is 1. The molecule has 8 nitrogen and oxygen atoms in total. The second-order valence-corrected chi connectivity index (χ2v) is 9.70. The van der Waals surface area contributed by atoms with Crippen molar-refractivity contribution in [3.05, 3.63) is 54.1 Å². The normalized spacial score (nSPS) is 18.9. The van der Waals surface area contributed by atoms with Gasteiger partial charge in [0.1, 0.15) is 15.9 Å². The second kappa shape index (κ2) is 8.76. The quantitative estimate of drug-likeness (QED) is 0.598. The first-order valence-electron chi connectivity index (χ1n) is 9.69. The van der Waals surface area contributed by atoms with E-state index in [2.05, 4.69) is 14.1 Å². The number of rotatable bonds is 6. The lowest BCUT2D eigenvalue weighted by Crippen LogP contribution is -2.46. The van der Waals surface area contributed by atoms with E-state index in [0.717, 1.165) is 17.3 Å². The fourth-order valence-electron chi connectivity index (χ4n) is 3.64. The van der Waals surface area contributed by atoms with Crippen LogP contribution in [0.2, 0.25) is 0 Å². The molecule has 0 radical (unpaired) electrons. The third-order valence-corrected chi connectivity index (χ3v) is 7.72. The minimum absolute atomic E-state index is 0.0793. The number of hydrogen-bond acceptors (Lipinski definition) is 7. The number of amides is 1. The van der Waals surface area contributed by atoms with Gasteiger partial charge in [0.15, 0.2) is 0 Å². The lowest BCUT2D eigenvalue weighted by atomic mass is 9.98. The van der Waals surface area contributed by atoms with Crippen molar-refractivity contribution in [2.75, 3.05) is 19.6 Å². The molecule has 1 amide bonds. The van der Waals surface area contributed by atoms with Crippen molar-refractivity contribution in [2.45, 2.75) is 23.8 Å². The predicted octanol–water partition coefficient (Wildman–Crippen LogP) is 1.94. The summed E-state index contributed by atoms with van der Waals surface area (Å²) in [6.45, 7) is 0.534. The van der Waals surface area contributed by atoms with E-state index in [9.17, 15) is 18.3 Å². The molecule has 1 aliphatic rings. The topological polar surface area (TPSA) is 112 Å². The maximum absolute atomic E-state index is 13.2. The van der Waals surface area contributed by atoms with Gasteiger partial charge in [0, 0.05) is 19.6 Å². The van der Waals surface area contributed by atoms with Crippen molar-refractivity contribution in [3.63, 3.8) is 0 Å². The molecule has 1 aromatic heterocycles. The molecule has 0 spiro atoms. The monoisotopic (exact) mass is 446 g/mol. The Balaban J connectivity index is 1.44. The molecule has 158 valence electrons. The van der Waals surface area contributed by atoms with E-state index in [1.54, 1.807) is 24.3 Å². The van der Waals surface area contributed by atoms with Gasteiger partial charge in [-0.15, -0.1) is 0 Å². The summed E-state index contributed by atoms with van der Waals surface area (Å²) >= 11 is 0.972. The van der Waals surface area contributed by atoms with E-state index in [1.807, 2.05) is 18.2 Å². The second-order valence-electron chi connectivity index (χ2n) is 7.26. The van der Waals surface area contributed by atoms with E-state index in [4.69, 9.17) is 0 Å². The number of aliphatic hydroxyl groups excluding tert-OH is 1. The number of carbonyl (C=O) groups is 1. The van der Waals surface area contributed by atoms with Gasteiger partial charge >= 0.3 is 0 Å². The first kappa shape index (κ1) is 20.9. The summed E-state index contributed by atoms with van der Waals surface area (Å²) in [6, 6.07) is 14.0. The number of aromatic nitrogens is 2. The number of benzene rings is 2. The molecule has 2 aromatic carbocycles. The average Bonchev–Trinajstić information content (AvgIpc) is 3.26. The molecule has 1 aliphatic heterocycles. The highest BCUT2D eigenvalue weighted by Crippen LogP contribution is 2.28. The van der Waals surface area contributed by atoms with Gasteiger partial charge in [-0.1, -0.05) is 36.4 Å². The average molecular weight is 447 g/mol. The van der Waals surface area contributed by atoms with Gasteiger partial charge in [0.25, 0.3) is 0 Å². The van der Waals surface area contributed by atoms with Crippen LogP contribution in [0.3, 0.4) is 0 Å². The Morgan fingerprint density at radius 2 is 2.00 bits per heavy atom. The number of piperidine rings is 1. The van der Waals surface area contributed by atoms with Crippen LogP contribution in [0, 0.1) is 5.92 Å². The summed E-state index contributed by atoms with van der Waals surface area (Å²) in [5, 5.41) is 13.0. The van der Waals surface area contributed by atoms with Crippen molar-refractivity contribution in [2.24, 2.45) is 5.92 Å². The molecular formula is C20H22N4O4S2. The summed E-state index contributed by atoms with van der Waals surface area (Å²) in [6.07, 6.45) is 0.374. The van der Waals surface area contributed by atoms with Gasteiger partial charge in [-0.2, -0.15) is 13.1 Å². The number of nitrogens with zero attached hydrogens (tertiary/aromatic N) is 3. The molecule has 3 aromatic rings. The Labute approximate surface area is 178 Å². The summed E-state index contributed by atoms with van der Waals surface area (Å²) in [7, 11) is -3.79. The molecule has 4 rings (SSSR count). The highest BCUT2D eigenvalue weighted by Gasteiger charge is 2.34. The fourth-order valence-corrected chi connectivity index (χ4v) is 5.91. The Morgan fingerprint density at radius 3 is 2.80 bits per heavy atom. The van der Waals surface area contributed by atoms with E-state index in [-0.39, 0.29) is 23.9 Å². The van der Waals surface area contributed by atoms with Crippen LogP contribution in [0.5, 0.6) is 0 Å². The van der Waals surface area contributed by atoms with Crippen LogP contribution in [0.15, 0.2) is 53.4 Å². The van der Waals surface area contributed by atoms with Crippen LogP contribution in [-0.2, 0) is 14.8 Å². The molecule has 30 heavy (non-hydrogen) atoms. The highest BCUT2D eigenvalue weighted by atomic mass is 32.2. The van der Waals surface area contributed by atoms with E-state index in [1.165, 1.54) is 10.4 Å². The van der Waals surface area contributed by atoms with Gasteiger partial charge in [-0.25, -0.2) is 8.42 Å². The standard InChI is InChI=1S/C20H22N4O4S2/c25-17(14-6-2-1-3-7-14)12-21-20(26)15-8-5-11-24(13-15)30(27,28)18-10-4-9-16-19(18)23-29-22-16/h1-4,6-7,9-10,15,17,25H,5,8,11-13H2,(H,21,26)/t15-,17+/m1/s1. The van der Waals surface area contributed by atoms with Crippen molar-refractivity contribution >= 4 is 38.7 Å². The molecule has 1 fully saturated rings. The Bertz CT molecular complexity index is 1130. The molecule has 0 bridgehead atoms. The zero-order valence-electron chi connectivity index (χ0n) is 16.1. The Hall–Kier alpha value is -2.40. The fraction of sp³-hybridized carbons (Fsp3) is 0.350. The number of hydrogen-bond donors (Lipinski definition) is 2. The van der Waals surface area contributed by atoms with Crippen LogP contribution in [0.25, 0.3) is 11.0 Å². The van der Waals surface area contributed by atoms with Gasteiger partial charge < -0.3 is 10.4 Å². The first-order valence-corrected chi connectivity index (χ1v) is 11.9. The van der Waals surface area contributed by atoms with E-state index < -0.39 is 22.0 Å². The zero-order chi connectivity index (χ0) is 21.1. The first-order chi connectivity index (χ1) is 14.5. The minimum Gasteiger partial charge on any atom is -0.387 e. The third-order valence-electron chi connectivity index (χ3n) is 5.28. The van der Waals surface area contributed by atoms with Crippen molar-refractivity contribution < 1.29 is 18.3 Å². The van der Waals surface area contributed by atoms with Crippen LogP contribution in [-0.4, -0.2) is 52.1 Å². The van der Waals surface area contributed by atoms with Gasteiger partial charge in [0.2, 0.25) is 15.9 Å². The number of sulfonamides is 1. The summed E-state index contributed by atoms with van der Waals surface area (Å²) in [4.78, 5) is 12.8. The van der Waals surface area contributed by atoms with Gasteiger partial charge in [-0.3, -0.25) is 4.79 Å². The lowest BCUT2D eigenvalue weighted by molar-refractivity contribution is -0.126. The van der Waals surface area contributed by atoms with E-state index >= 15 is 0 Å². The molecule has 2 atom stereocenters. The molecule has 2 heterocycles. The lowest BCUT2D eigenvalue weighted by Gasteiger charge is -2.31. The van der Waals surface area contributed by atoms with Gasteiger partial charge in [0.05, 0.1) is 23.8 Å². The molecule has 1 saturated heterocycles. The largest absolute Gasteiger partial charge is 0.387 e. The van der Waals surface area contributed by atoms with Gasteiger partial charge in [-0.05, 0) is 30.5 Å². The van der Waals surface area contributed by atoms with Crippen LogP contribution in [0.1, 0.15) is 24.5 Å². The highest BCUT2D eigenvalue weighted by molar-refractivity contribution is 7.89. The van der Waals surface area contributed by atoms with Crippen LogP contribution in [0.4, 0.5) is 0 Å². The van der Waals surface area contributed by atoms with Crippen molar-refractivity contribution in [1.82, 2.24) is 18.4 Å². The van der Waals surface area contributed by atoms with E-state index in [0.29, 0.717) is 30.4 Å². The maximum atomic E-state index is 13.2. The number of fused-ring (bicyclic) bond motifs is 1. The zero-order valence-corrected chi connectivity index (χ0v) is 17.8. The summed E-state index contributed by atoms with van der Waals surface area (Å²) < 4.78 is 36.0. The van der Waals surface area contributed by atoms with Crippen LogP contribution < -0.4 is 5.32 Å². The Kier molecular flexibility index (Phi) is 6.09. The predicted molar refractivity (Wildman–Crippen MR) is 113 cm³/mol. The molecule has 0 aliphatic carbocycles. The summed E-state index contributed by atoms with van der Waals surface area (Å²) in [5.74, 6) is -0.720. The number of carbonyl (C=O) groups excluding carboxylic acids is 1. The maximum Gasteiger partial charge on any atom is 0.245 e. The SMILES string of the molecule is O=C(NC[C@H](O)c1ccccc1)[C@@H]1CCCN(S(=O)(=O)c2cccc3nsnc23)C1. The smallest absolute Gasteiger partial charge is 0.245 e. The Morgan fingerprint density at radius 1 is 1.20 bits per heavy atom. The molecule has 10 heteroatoms. The minimum atomic E-state index is -3.79. The van der Waals surface area contributed by atoms with Crippen LogP contribution >= 0.6 is 11.7 Å². The molecular weight excluding hydrogens is 424 g/mol. The molecule has 0 saturated carbocycles. The summed E-state index contributed by atoms with van der Waals surface area (Å²) in [5.41, 5.74) is 1.62. The third kappa shape index (κ3) is 4.22.